The summed E-state index contributed by atoms with van der Waals surface area (Å²) in [5.41, 5.74) is 9.20. The fraction of sp³-hybridized carbons (Fsp3) is 0.469. The Balaban J connectivity index is 1.22. The Morgan fingerprint density at radius 3 is 2.58 bits per heavy atom. The molecule has 0 saturated heterocycles. The molecule has 0 bridgehead atoms. The third-order valence-electron chi connectivity index (χ3n) is 13.5. The van der Waals surface area contributed by atoms with Gasteiger partial charge in [0.2, 0.25) is 0 Å². The maximum absolute atomic E-state index is 11.3. The van der Waals surface area contributed by atoms with Crippen LogP contribution in [0.3, 0.4) is 0 Å². The molecule has 4 aromatic carbocycles. The minimum absolute atomic E-state index is 0.00449. The highest BCUT2D eigenvalue weighted by Gasteiger charge is 2.50. The van der Waals surface area contributed by atoms with Crippen molar-refractivity contribution in [3.8, 4) is 39.9 Å². The molecule has 9 rings (SSSR count). The summed E-state index contributed by atoms with van der Waals surface area (Å²) in [5, 5.41) is 50.8. The number of fused-ring (bicyclic) bond motifs is 9. The minimum atomic E-state index is -0.908. The highest BCUT2D eigenvalue weighted by molar-refractivity contribution is 5.85. The van der Waals surface area contributed by atoms with Crippen LogP contribution in [0, 0.1) is 0 Å². The quantitative estimate of drug-likeness (QED) is 0.0569. The van der Waals surface area contributed by atoms with Gasteiger partial charge in [0.1, 0.15) is 29.0 Å². The van der Waals surface area contributed by atoms with Gasteiger partial charge in [0.05, 0.1) is 20.4 Å². The number of hydrogen-bond donors (Lipinski definition) is 7. The average molecular weight is 818 g/mol. The average Bonchev–Trinajstić information content (AvgIpc) is 3.74. The van der Waals surface area contributed by atoms with Crippen LogP contribution in [0.25, 0.3) is 22.0 Å². The van der Waals surface area contributed by atoms with E-state index in [1.54, 1.807) is 13.2 Å². The second-order valence-electron chi connectivity index (χ2n) is 17.4. The fourth-order valence-corrected chi connectivity index (χ4v) is 10.6. The number of aryl methyl sites for hydroxylation is 1. The first-order valence-electron chi connectivity index (χ1n) is 21.9. The maximum Gasteiger partial charge on any atom is 0.161 e. The lowest BCUT2D eigenvalue weighted by Gasteiger charge is -2.47. The van der Waals surface area contributed by atoms with E-state index in [0.717, 1.165) is 80.6 Å². The summed E-state index contributed by atoms with van der Waals surface area (Å²) in [6, 6.07) is 18.6. The molecule has 4 aliphatic rings. The first kappa shape index (κ1) is 40.6. The molecule has 2 aliphatic heterocycles. The summed E-state index contributed by atoms with van der Waals surface area (Å²) in [7, 11) is 3.50. The van der Waals surface area contributed by atoms with Crippen molar-refractivity contribution in [3.05, 3.63) is 99.7 Å². The highest BCUT2D eigenvalue weighted by Crippen LogP contribution is 2.58. The minimum Gasteiger partial charge on any atom is -0.508 e. The normalized spacial score (nSPS) is 22.3. The van der Waals surface area contributed by atoms with Crippen LogP contribution < -0.4 is 24.8 Å². The van der Waals surface area contributed by atoms with Crippen molar-refractivity contribution in [1.29, 1.82) is 0 Å². The molecule has 1 fully saturated rings. The van der Waals surface area contributed by atoms with Crippen LogP contribution in [-0.2, 0) is 36.8 Å². The van der Waals surface area contributed by atoms with Gasteiger partial charge >= 0.3 is 0 Å². The van der Waals surface area contributed by atoms with Crippen molar-refractivity contribution in [2.75, 3.05) is 40.6 Å². The summed E-state index contributed by atoms with van der Waals surface area (Å²) in [4.78, 5) is 3.32. The molecular weight excluding hydrogens is 759 g/mol. The van der Waals surface area contributed by atoms with Crippen molar-refractivity contribution in [2.24, 2.45) is 0 Å². The number of ether oxygens (including phenoxy) is 4. The van der Waals surface area contributed by atoms with Crippen molar-refractivity contribution < 1.29 is 39.4 Å². The second-order valence-corrected chi connectivity index (χ2v) is 17.4. The molecule has 1 saturated carbocycles. The monoisotopic (exact) mass is 817 g/mol. The van der Waals surface area contributed by atoms with E-state index in [9.17, 15) is 20.4 Å². The van der Waals surface area contributed by atoms with Gasteiger partial charge in [-0.2, -0.15) is 0 Å². The number of benzene rings is 4. The number of H-pyrrole nitrogens is 1. The van der Waals surface area contributed by atoms with Gasteiger partial charge in [-0.05, 0) is 146 Å². The van der Waals surface area contributed by atoms with Crippen molar-refractivity contribution in [2.45, 2.75) is 107 Å². The van der Waals surface area contributed by atoms with Crippen LogP contribution in [0.5, 0.6) is 28.7 Å². The Hall–Kier alpha value is -4.78. The zero-order chi connectivity index (χ0) is 41.4. The number of phenolic OH excluding ortho intramolecular Hbond substituents is 2. The predicted molar refractivity (Wildman–Crippen MR) is 232 cm³/mol. The number of aromatic hydroxyl groups is 2. The topological polar surface area (TPSA) is 158 Å². The number of hydrogen-bond acceptors (Lipinski definition) is 10. The molecule has 4 atom stereocenters. The van der Waals surface area contributed by atoms with Crippen LogP contribution in [0.1, 0.15) is 95.9 Å². The number of rotatable bonds is 14. The number of aliphatic hydroxyl groups is 2. The first-order chi connectivity index (χ1) is 29.3. The molecular formula is C49H59N3O8. The zero-order valence-electron chi connectivity index (χ0n) is 34.8. The van der Waals surface area contributed by atoms with Crippen LogP contribution in [0.2, 0.25) is 0 Å². The zero-order valence-corrected chi connectivity index (χ0v) is 34.8. The Kier molecular flexibility index (Phi) is 11.7. The SMILES string of the molecule is CNC[C@@]1(OCNC2CCCCC2)Cc2c3c(c4c(c2O[C@@H]1c1cc(CCCO)c(O)c(OC)c1)CC[C@H](CO)O4)-c1ccc(O)cc1[C@@H](Cc1ccc2[nH]ccc2c1)C3. The van der Waals surface area contributed by atoms with E-state index in [2.05, 4.69) is 39.9 Å². The maximum atomic E-state index is 11.3. The Morgan fingerprint density at radius 1 is 0.917 bits per heavy atom. The van der Waals surface area contributed by atoms with E-state index in [0.29, 0.717) is 69.2 Å². The van der Waals surface area contributed by atoms with Crippen LogP contribution in [-0.4, -0.2) is 83.8 Å². The van der Waals surface area contributed by atoms with E-state index in [1.807, 2.05) is 37.5 Å². The van der Waals surface area contributed by atoms with Crippen molar-refractivity contribution in [1.82, 2.24) is 15.6 Å². The standard InChI is InChI=1S/C49H59N3O8/c1-50-27-49(58-28-52-34-8-4-3-5-9-34)25-41-40-22-32(20-29-10-15-42-30(19-29)16-17-51-42)39-24-35(55)11-13-37(39)44(40)47-38(14-12-36(26-54)59-47)46(41)60-48(49)33-21-31(7-6-18-53)45(56)43(23-33)57-2/h10-11,13,15-17,19,21,23-24,32,34,36,48,50-56H,3-9,12,14,18,20,22,25-28H2,1-2H3/t32-,36+,48+,49-/m0/s1. The Labute approximate surface area is 352 Å². The predicted octanol–water partition coefficient (Wildman–Crippen LogP) is 7.28. The third kappa shape index (κ3) is 7.60. The van der Waals surface area contributed by atoms with Crippen LogP contribution in [0.15, 0.2) is 60.8 Å². The van der Waals surface area contributed by atoms with Gasteiger partial charge in [-0.15, -0.1) is 0 Å². The number of aromatic amines is 1. The van der Waals surface area contributed by atoms with Gasteiger partial charge in [-0.3, -0.25) is 5.32 Å². The molecule has 1 aromatic heterocycles. The molecule has 11 heteroatoms. The molecule has 5 aromatic rings. The number of methoxy groups -OCH3 is 1. The highest BCUT2D eigenvalue weighted by atomic mass is 16.6. The molecule has 0 spiro atoms. The lowest BCUT2D eigenvalue weighted by atomic mass is 9.70. The van der Waals surface area contributed by atoms with Gasteiger partial charge in [0.15, 0.2) is 17.6 Å². The summed E-state index contributed by atoms with van der Waals surface area (Å²) in [5.74, 6) is 2.20. The molecule has 0 amide bonds. The molecule has 11 nitrogen and oxygen atoms in total. The summed E-state index contributed by atoms with van der Waals surface area (Å²) >= 11 is 0. The van der Waals surface area contributed by atoms with Crippen LogP contribution >= 0.6 is 0 Å². The number of phenols is 2. The van der Waals surface area contributed by atoms with E-state index in [-0.39, 0.29) is 36.7 Å². The fourth-order valence-electron chi connectivity index (χ4n) is 10.6. The van der Waals surface area contributed by atoms with Gasteiger partial charge in [0, 0.05) is 54.0 Å². The summed E-state index contributed by atoms with van der Waals surface area (Å²) in [6.07, 6.45) is 11.1. The van der Waals surface area contributed by atoms with E-state index < -0.39 is 11.7 Å². The van der Waals surface area contributed by atoms with Gasteiger partial charge in [-0.25, -0.2) is 0 Å². The largest absolute Gasteiger partial charge is 0.508 e. The molecule has 318 valence electrons. The molecule has 2 aliphatic carbocycles. The third-order valence-corrected chi connectivity index (χ3v) is 13.5. The van der Waals surface area contributed by atoms with Gasteiger partial charge in [0.25, 0.3) is 0 Å². The van der Waals surface area contributed by atoms with Crippen LogP contribution in [0.4, 0.5) is 0 Å². The molecule has 60 heavy (non-hydrogen) atoms. The Morgan fingerprint density at radius 2 is 1.78 bits per heavy atom. The number of likely N-dealkylation sites (N-methyl/N-ethyl adjacent to an activating group) is 1. The van der Waals surface area contributed by atoms with Crippen molar-refractivity contribution in [3.63, 3.8) is 0 Å². The second kappa shape index (κ2) is 17.3. The van der Waals surface area contributed by atoms with E-state index in [4.69, 9.17) is 18.9 Å². The summed E-state index contributed by atoms with van der Waals surface area (Å²) < 4.78 is 27.3. The lowest BCUT2D eigenvalue weighted by molar-refractivity contribution is -0.131. The van der Waals surface area contributed by atoms with Gasteiger partial charge < -0.3 is 49.7 Å². The molecule has 0 unspecified atom stereocenters. The molecule has 0 radical (unpaired) electrons. The molecule has 7 N–H and O–H groups in total. The first-order valence-corrected chi connectivity index (χ1v) is 21.9. The molecule has 3 heterocycles. The van der Waals surface area contributed by atoms with Gasteiger partial charge in [-0.1, -0.05) is 31.4 Å². The van der Waals surface area contributed by atoms with E-state index >= 15 is 0 Å². The Bertz CT molecular complexity index is 2340. The number of aliphatic hydroxyl groups excluding tert-OH is 2. The van der Waals surface area contributed by atoms with E-state index in [1.165, 1.54) is 24.8 Å². The number of nitrogens with one attached hydrogen (secondary N) is 3. The van der Waals surface area contributed by atoms with Crippen molar-refractivity contribution >= 4 is 10.9 Å². The lowest BCUT2D eigenvalue weighted by Crippen LogP contribution is -2.55. The smallest absolute Gasteiger partial charge is 0.161 e. The number of aromatic nitrogens is 1. The summed E-state index contributed by atoms with van der Waals surface area (Å²) in [6.45, 7) is 0.709.